The number of likely N-dealkylation sites (N-methyl/N-ethyl adjacent to an activating group) is 1. The second-order valence-corrected chi connectivity index (χ2v) is 13.6. The van der Waals surface area contributed by atoms with Crippen molar-refractivity contribution in [2.24, 2.45) is 0 Å². The van der Waals surface area contributed by atoms with Gasteiger partial charge in [0.1, 0.15) is 22.2 Å². The molecule has 0 atom stereocenters. The first kappa shape index (κ1) is 36.0. The Balaban J connectivity index is 1.81. The summed E-state index contributed by atoms with van der Waals surface area (Å²) >= 11 is 1.23. The van der Waals surface area contributed by atoms with E-state index in [1.54, 1.807) is 38.5 Å². The number of methoxy groups -OCH3 is 2. The summed E-state index contributed by atoms with van der Waals surface area (Å²) in [4.78, 5) is 44.1. The molecule has 0 unspecified atom stereocenters. The Kier molecular flexibility index (Phi) is 11.1. The number of rotatable bonds is 14. The maximum Gasteiger partial charge on any atom is 0.337 e. The fourth-order valence-corrected chi connectivity index (χ4v) is 7.02. The van der Waals surface area contributed by atoms with Crippen molar-refractivity contribution >= 4 is 27.3 Å². The van der Waals surface area contributed by atoms with Crippen LogP contribution in [0.2, 0.25) is 0 Å². The van der Waals surface area contributed by atoms with Gasteiger partial charge in [0.2, 0.25) is 0 Å². The topological polar surface area (TPSA) is 82.8 Å². The van der Waals surface area contributed by atoms with Crippen molar-refractivity contribution in [3.8, 4) is 16.1 Å². The van der Waals surface area contributed by atoms with E-state index in [4.69, 9.17) is 9.47 Å². The predicted octanol–water partition coefficient (Wildman–Crippen LogP) is 6.69. The zero-order chi connectivity index (χ0) is 35.5. The maximum absolute atomic E-state index is 15.1. The lowest BCUT2D eigenvalue weighted by Gasteiger charge is -2.23. The van der Waals surface area contributed by atoms with E-state index in [2.05, 4.69) is 0 Å². The van der Waals surface area contributed by atoms with Crippen LogP contribution in [0, 0.1) is 11.6 Å². The van der Waals surface area contributed by atoms with Crippen LogP contribution in [0.25, 0.3) is 26.3 Å². The number of halogens is 2. The summed E-state index contributed by atoms with van der Waals surface area (Å²) in [6.07, 6.45) is 0.754. The van der Waals surface area contributed by atoms with Gasteiger partial charge in [0, 0.05) is 50.6 Å². The summed E-state index contributed by atoms with van der Waals surface area (Å²) in [5, 5.41) is 0.284. The Bertz CT molecular complexity index is 2060. The second-order valence-electron chi connectivity index (χ2n) is 12.6. The van der Waals surface area contributed by atoms with Gasteiger partial charge < -0.3 is 9.47 Å². The average molecular weight is 690 g/mol. The summed E-state index contributed by atoms with van der Waals surface area (Å²) in [5.41, 5.74) is 1.32. The molecule has 49 heavy (non-hydrogen) atoms. The van der Waals surface area contributed by atoms with Gasteiger partial charge in [-0.2, -0.15) is 0 Å². The second kappa shape index (κ2) is 15.1. The molecule has 3 aromatic carbocycles. The Morgan fingerprint density at radius 2 is 1.59 bits per heavy atom. The Morgan fingerprint density at radius 3 is 2.18 bits per heavy atom. The van der Waals surface area contributed by atoms with E-state index in [-0.39, 0.29) is 16.7 Å². The van der Waals surface area contributed by atoms with E-state index in [0.717, 1.165) is 38.3 Å². The molecular weight excluding hydrogens is 648 g/mol. The zero-order valence-electron chi connectivity index (χ0n) is 28.6. The number of fused-ring (bicyclic) bond motifs is 1. The molecule has 11 heteroatoms. The number of carbonyl (C=O) groups is 1. The number of thiophene rings is 1. The Labute approximate surface area is 288 Å². The normalized spacial score (nSPS) is 11.9. The minimum absolute atomic E-state index is 0.124. The first-order valence-corrected chi connectivity index (χ1v) is 16.9. The molecule has 0 N–H and O–H groups in total. The molecule has 0 aliphatic rings. The van der Waals surface area contributed by atoms with Crippen LogP contribution in [-0.2, 0) is 39.4 Å². The monoisotopic (exact) mass is 689 g/mol. The largest absolute Gasteiger partial charge is 0.383 e. The molecule has 8 nitrogen and oxygen atoms in total. The molecule has 0 aliphatic carbocycles. The van der Waals surface area contributed by atoms with Crippen molar-refractivity contribution in [2.75, 3.05) is 34.4 Å². The van der Waals surface area contributed by atoms with E-state index in [9.17, 15) is 14.4 Å². The molecule has 2 heterocycles. The van der Waals surface area contributed by atoms with Crippen molar-refractivity contribution in [3.05, 3.63) is 121 Å². The van der Waals surface area contributed by atoms with Crippen LogP contribution >= 0.6 is 11.3 Å². The lowest BCUT2D eigenvalue weighted by atomic mass is 9.98. The maximum atomic E-state index is 15.1. The number of carbonyl (C=O) groups excluding carboxylic acids is 1. The minimum atomic E-state index is -0.794. The molecule has 0 bridgehead atoms. The van der Waals surface area contributed by atoms with Gasteiger partial charge in [0.25, 0.3) is 5.56 Å². The highest BCUT2D eigenvalue weighted by atomic mass is 32.1. The third-order valence-corrected chi connectivity index (χ3v) is 10.2. The molecular formula is C38H41F2N3O5S. The smallest absolute Gasteiger partial charge is 0.337 e. The van der Waals surface area contributed by atoms with E-state index in [1.807, 2.05) is 57.0 Å². The van der Waals surface area contributed by atoms with E-state index < -0.39 is 35.0 Å². The first-order valence-electron chi connectivity index (χ1n) is 16.1. The molecule has 0 saturated carbocycles. The summed E-state index contributed by atoms with van der Waals surface area (Å²) in [5.74, 6) is -1.46. The minimum Gasteiger partial charge on any atom is -0.383 e. The fraction of sp³-hybridized carbons (Fsp3) is 0.342. The summed E-state index contributed by atoms with van der Waals surface area (Å²) in [7, 11) is 5.12. The van der Waals surface area contributed by atoms with Crippen molar-refractivity contribution in [1.29, 1.82) is 0 Å². The number of aromatic nitrogens is 2. The van der Waals surface area contributed by atoms with Crippen LogP contribution < -0.4 is 11.2 Å². The van der Waals surface area contributed by atoms with Crippen LogP contribution in [0.5, 0.6) is 0 Å². The van der Waals surface area contributed by atoms with Gasteiger partial charge in [-0.25, -0.2) is 18.1 Å². The molecule has 0 radical (unpaired) electrons. The summed E-state index contributed by atoms with van der Waals surface area (Å²) in [6.45, 7) is 6.56. The lowest BCUT2D eigenvalue weighted by Crippen LogP contribution is -2.39. The van der Waals surface area contributed by atoms with Gasteiger partial charge in [0.05, 0.1) is 29.8 Å². The van der Waals surface area contributed by atoms with Crippen molar-refractivity contribution in [1.82, 2.24) is 14.0 Å². The van der Waals surface area contributed by atoms with Gasteiger partial charge in [0.15, 0.2) is 0 Å². The average Bonchev–Trinajstić information content (AvgIpc) is 3.46. The number of nitrogens with zero attached hydrogens (tertiary/aromatic N) is 3. The highest BCUT2D eigenvalue weighted by Gasteiger charge is 2.26. The van der Waals surface area contributed by atoms with Gasteiger partial charge in [-0.3, -0.25) is 19.1 Å². The fourth-order valence-electron chi connectivity index (χ4n) is 5.71. The number of Topliss-reactive ketones (excluding diaryl/α,β-unsaturated/α-hetero) is 1. The predicted molar refractivity (Wildman–Crippen MR) is 190 cm³/mol. The lowest BCUT2D eigenvalue weighted by molar-refractivity contribution is -0.118. The quantitative estimate of drug-likeness (QED) is 0.129. The van der Waals surface area contributed by atoms with Crippen molar-refractivity contribution in [3.63, 3.8) is 0 Å². The molecule has 0 aliphatic heterocycles. The third-order valence-electron chi connectivity index (χ3n) is 8.90. The molecule has 5 aromatic rings. The SMILES string of the molecule is CCC(=O)Cc1ccc(-c2sc3c(c2CN(C)CCOC)c(=O)n(-c2ccc(C(C)(C)OC)cc2)c(=O)n3Cc2c(F)cccc2F)cc1. The highest BCUT2D eigenvalue weighted by Crippen LogP contribution is 2.38. The molecule has 258 valence electrons. The number of ether oxygens (including phenoxy) is 2. The molecule has 0 saturated heterocycles. The molecule has 0 fully saturated rings. The number of hydrogen-bond donors (Lipinski definition) is 0. The summed E-state index contributed by atoms with van der Waals surface area (Å²) < 4.78 is 43.4. The van der Waals surface area contributed by atoms with Crippen LogP contribution in [0.3, 0.4) is 0 Å². The van der Waals surface area contributed by atoms with E-state index in [1.165, 1.54) is 22.0 Å². The van der Waals surface area contributed by atoms with E-state index >= 15 is 8.78 Å². The van der Waals surface area contributed by atoms with Gasteiger partial charge in [-0.05, 0) is 67.4 Å². The van der Waals surface area contributed by atoms with Crippen LogP contribution in [0.1, 0.15) is 49.4 Å². The number of ketones is 1. The van der Waals surface area contributed by atoms with Crippen LogP contribution in [-0.4, -0.2) is 54.2 Å². The first-order chi connectivity index (χ1) is 23.4. The van der Waals surface area contributed by atoms with Crippen molar-refractivity contribution < 1.29 is 23.0 Å². The Morgan fingerprint density at radius 1 is 0.939 bits per heavy atom. The standard InChI is InChI=1S/C38H41F2N3O5S/c1-7-28(44)21-24-11-13-25(14-12-24)34-30(22-41(4)19-20-47-5)33-35(45)43(27-17-15-26(16-18-27)38(2,3)48-6)37(46)42(36(33)49-34)23-29-31(39)9-8-10-32(29)40/h8-18H,7,19-23H2,1-6H3. The Hall–Kier alpha value is -4.29. The molecule has 0 amide bonds. The number of benzene rings is 3. The van der Waals surface area contributed by atoms with E-state index in [0.29, 0.717) is 48.6 Å². The van der Waals surface area contributed by atoms with Gasteiger partial charge in [-0.15, -0.1) is 11.3 Å². The van der Waals surface area contributed by atoms with Gasteiger partial charge >= 0.3 is 5.69 Å². The van der Waals surface area contributed by atoms with Crippen LogP contribution in [0.15, 0.2) is 76.3 Å². The molecule has 2 aromatic heterocycles. The number of hydrogen-bond acceptors (Lipinski definition) is 7. The highest BCUT2D eigenvalue weighted by molar-refractivity contribution is 7.22. The summed E-state index contributed by atoms with van der Waals surface area (Å²) in [6, 6.07) is 18.1. The zero-order valence-corrected chi connectivity index (χ0v) is 29.5. The van der Waals surface area contributed by atoms with Gasteiger partial charge in [-0.1, -0.05) is 49.4 Å². The third kappa shape index (κ3) is 7.50. The van der Waals surface area contributed by atoms with Crippen LogP contribution in [0.4, 0.5) is 8.78 Å². The van der Waals surface area contributed by atoms with Crippen molar-refractivity contribution in [2.45, 2.75) is 52.3 Å². The molecule has 0 spiro atoms. The molecule has 5 rings (SSSR count).